The monoisotopic (exact) mass is 258 g/mol. The number of hydrogen-bond acceptors (Lipinski definition) is 4. The summed E-state index contributed by atoms with van der Waals surface area (Å²) in [5.41, 5.74) is 1.06. The fourth-order valence-corrected chi connectivity index (χ4v) is 2.20. The highest BCUT2D eigenvalue weighted by molar-refractivity contribution is 6.03. The van der Waals surface area contributed by atoms with Crippen molar-refractivity contribution in [2.24, 2.45) is 0 Å². The normalized spacial score (nSPS) is 11.2. The first-order valence-electron chi connectivity index (χ1n) is 5.73. The van der Waals surface area contributed by atoms with Gasteiger partial charge in [0, 0.05) is 18.1 Å². The van der Waals surface area contributed by atoms with E-state index in [0.717, 1.165) is 0 Å². The van der Waals surface area contributed by atoms with E-state index in [-0.39, 0.29) is 5.56 Å². The molecule has 7 heteroatoms. The van der Waals surface area contributed by atoms with Gasteiger partial charge in [-0.1, -0.05) is 0 Å². The Labute approximate surface area is 106 Å². The fraction of sp³-hybridized carbons (Fsp3) is 0.167. The largest absolute Gasteiger partial charge is 0.477 e. The Morgan fingerprint density at radius 1 is 1.42 bits per heavy atom. The van der Waals surface area contributed by atoms with Crippen LogP contribution in [0.5, 0.6) is 0 Å². The Bertz CT molecular complexity index is 862. The molecule has 2 aromatic heterocycles. The van der Waals surface area contributed by atoms with Gasteiger partial charge in [-0.15, -0.1) is 0 Å². The van der Waals surface area contributed by atoms with E-state index in [2.05, 4.69) is 15.4 Å². The van der Waals surface area contributed by atoms with Crippen molar-refractivity contribution in [3.63, 3.8) is 0 Å². The molecule has 0 aliphatic heterocycles. The van der Waals surface area contributed by atoms with Gasteiger partial charge in [-0.2, -0.15) is 15.4 Å². The Kier molecular flexibility index (Phi) is 2.34. The van der Waals surface area contributed by atoms with Gasteiger partial charge >= 0.3 is 5.97 Å². The molecule has 7 nitrogen and oxygen atoms in total. The molecule has 2 heterocycles. The highest BCUT2D eigenvalue weighted by Gasteiger charge is 2.16. The number of hydrogen-bond donors (Lipinski definition) is 2. The molecule has 0 fully saturated rings. The standard InChI is InChI=1S/C12H10N4O3/c1-2-16-5-7(12(18)19)11(17)6-3-4-8-9(10(6)16)14-15-13-8/h3-5H,2H2,1H3,(H,18,19)(H,13,14,15). The average molecular weight is 258 g/mol. The maximum absolute atomic E-state index is 12.2. The van der Waals surface area contributed by atoms with E-state index >= 15 is 0 Å². The van der Waals surface area contributed by atoms with Crippen molar-refractivity contribution in [1.82, 2.24) is 20.0 Å². The van der Waals surface area contributed by atoms with Crippen molar-refractivity contribution < 1.29 is 9.90 Å². The van der Waals surface area contributed by atoms with Crippen LogP contribution in [0.1, 0.15) is 17.3 Å². The van der Waals surface area contributed by atoms with Crippen molar-refractivity contribution in [2.45, 2.75) is 13.5 Å². The number of pyridine rings is 1. The van der Waals surface area contributed by atoms with Crippen LogP contribution in [0.15, 0.2) is 23.1 Å². The molecule has 0 aliphatic carbocycles. The number of aromatic amines is 1. The van der Waals surface area contributed by atoms with Crippen LogP contribution in [0, 0.1) is 0 Å². The Morgan fingerprint density at radius 3 is 2.89 bits per heavy atom. The topological polar surface area (TPSA) is 101 Å². The molecule has 0 saturated carbocycles. The van der Waals surface area contributed by atoms with E-state index in [4.69, 9.17) is 5.11 Å². The zero-order valence-electron chi connectivity index (χ0n) is 10.0. The number of fused-ring (bicyclic) bond motifs is 3. The lowest BCUT2D eigenvalue weighted by Gasteiger charge is -2.09. The van der Waals surface area contributed by atoms with Gasteiger partial charge < -0.3 is 9.67 Å². The number of aryl methyl sites for hydroxylation is 1. The lowest BCUT2D eigenvalue weighted by molar-refractivity contribution is 0.0695. The van der Waals surface area contributed by atoms with Gasteiger partial charge in [-0.25, -0.2) is 4.79 Å². The zero-order chi connectivity index (χ0) is 13.6. The third kappa shape index (κ3) is 1.51. The van der Waals surface area contributed by atoms with E-state index in [9.17, 15) is 9.59 Å². The second-order valence-corrected chi connectivity index (χ2v) is 4.12. The number of aromatic carboxylic acids is 1. The molecule has 0 atom stereocenters. The van der Waals surface area contributed by atoms with Crippen LogP contribution in [0.4, 0.5) is 0 Å². The molecule has 96 valence electrons. The number of carboxylic acids is 1. The molecule has 0 aliphatic rings. The summed E-state index contributed by atoms with van der Waals surface area (Å²) in [4.78, 5) is 23.3. The molecular weight excluding hydrogens is 248 g/mol. The van der Waals surface area contributed by atoms with E-state index in [0.29, 0.717) is 28.5 Å². The Morgan fingerprint density at radius 2 is 2.21 bits per heavy atom. The quantitative estimate of drug-likeness (QED) is 0.713. The summed E-state index contributed by atoms with van der Waals surface area (Å²) in [6, 6.07) is 3.23. The average Bonchev–Trinajstić information content (AvgIpc) is 2.87. The minimum atomic E-state index is -1.23. The molecule has 0 unspecified atom stereocenters. The molecular formula is C12H10N4O3. The molecule has 19 heavy (non-hydrogen) atoms. The molecule has 0 amide bonds. The van der Waals surface area contributed by atoms with Gasteiger partial charge in [0.15, 0.2) is 0 Å². The lowest BCUT2D eigenvalue weighted by atomic mass is 10.1. The minimum absolute atomic E-state index is 0.239. The SMILES string of the molecule is CCn1cc(C(=O)O)c(=O)c2ccc3n[nH]nc3c21. The number of benzene rings is 1. The van der Waals surface area contributed by atoms with E-state index in [1.807, 2.05) is 6.92 Å². The van der Waals surface area contributed by atoms with Gasteiger partial charge in [0.2, 0.25) is 5.43 Å². The third-order valence-electron chi connectivity index (χ3n) is 3.09. The molecule has 2 N–H and O–H groups in total. The van der Waals surface area contributed by atoms with E-state index in [1.165, 1.54) is 6.20 Å². The van der Waals surface area contributed by atoms with Crippen molar-refractivity contribution in [3.05, 3.63) is 34.1 Å². The molecule has 0 radical (unpaired) electrons. The summed E-state index contributed by atoms with van der Waals surface area (Å²) in [5.74, 6) is -1.23. The summed E-state index contributed by atoms with van der Waals surface area (Å²) in [6.45, 7) is 2.40. The van der Waals surface area contributed by atoms with Crippen molar-refractivity contribution in [2.75, 3.05) is 0 Å². The first-order valence-corrected chi connectivity index (χ1v) is 5.73. The van der Waals surface area contributed by atoms with E-state index in [1.54, 1.807) is 16.7 Å². The number of rotatable bonds is 2. The van der Waals surface area contributed by atoms with Crippen LogP contribution in [0.25, 0.3) is 21.9 Å². The highest BCUT2D eigenvalue weighted by Crippen LogP contribution is 2.20. The van der Waals surface area contributed by atoms with Crippen LogP contribution in [-0.2, 0) is 6.54 Å². The van der Waals surface area contributed by atoms with Crippen LogP contribution >= 0.6 is 0 Å². The summed E-state index contributed by atoms with van der Waals surface area (Å²) in [7, 11) is 0. The predicted octanol–water partition coefficient (Wildman–Crippen LogP) is 0.991. The second kappa shape index (κ2) is 3.91. The van der Waals surface area contributed by atoms with Crippen LogP contribution < -0.4 is 5.43 Å². The summed E-state index contributed by atoms with van der Waals surface area (Å²) >= 11 is 0. The smallest absolute Gasteiger partial charge is 0.341 e. The minimum Gasteiger partial charge on any atom is -0.477 e. The number of aromatic nitrogens is 4. The van der Waals surface area contributed by atoms with Gasteiger partial charge in [-0.3, -0.25) is 4.79 Å². The number of nitrogens with zero attached hydrogens (tertiary/aromatic N) is 3. The summed E-state index contributed by atoms with van der Waals surface area (Å²) < 4.78 is 1.70. The fourth-order valence-electron chi connectivity index (χ4n) is 2.20. The Balaban J connectivity index is 2.59. The first kappa shape index (κ1) is 11.4. The van der Waals surface area contributed by atoms with Crippen molar-refractivity contribution in [1.29, 1.82) is 0 Å². The lowest BCUT2D eigenvalue weighted by Crippen LogP contribution is -2.18. The second-order valence-electron chi connectivity index (χ2n) is 4.12. The van der Waals surface area contributed by atoms with Crippen molar-refractivity contribution in [3.8, 4) is 0 Å². The molecule has 3 rings (SSSR count). The summed E-state index contributed by atoms with van der Waals surface area (Å²) in [5, 5.41) is 19.9. The number of carbonyl (C=O) groups is 1. The predicted molar refractivity (Wildman–Crippen MR) is 68.3 cm³/mol. The van der Waals surface area contributed by atoms with E-state index < -0.39 is 11.4 Å². The molecule has 3 aromatic rings. The third-order valence-corrected chi connectivity index (χ3v) is 3.09. The van der Waals surface area contributed by atoms with Gasteiger partial charge in [0.05, 0.1) is 5.52 Å². The van der Waals surface area contributed by atoms with Gasteiger partial charge in [0.25, 0.3) is 0 Å². The maximum Gasteiger partial charge on any atom is 0.341 e. The zero-order valence-corrected chi connectivity index (χ0v) is 10.0. The van der Waals surface area contributed by atoms with Crippen LogP contribution in [0.3, 0.4) is 0 Å². The van der Waals surface area contributed by atoms with Gasteiger partial charge in [0.1, 0.15) is 16.6 Å². The highest BCUT2D eigenvalue weighted by atomic mass is 16.4. The molecule has 1 aromatic carbocycles. The van der Waals surface area contributed by atoms with Crippen LogP contribution in [-0.4, -0.2) is 31.1 Å². The van der Waals surface area contributed by atoms with Crippen LogP contribution in [0.2, 0.25) is 0 Å². The Hall–Kier alpha value is -2.70. The van der Waals surface area contributed by atoms with Gasteiger partial charge in [-0.05, 0) is 19.1 Å². The maximum atomic E-state index is 12.2. The molecule has 0 spiro atoms. The number of nitrogens with one attached hydrogen (secondary N) is 1. The summed E-state index contributed by atoms with van der Waals surface area (Å²) in [6.07, 6.45) is 1.35. The number of carboxylic acid groups (broad SMARTS) is 1. The molecule has 0 bridgehead atoms. The molecule has 0 saturated heterocycles. The first-order chi connectivity index (χ1) is 9.13. The number of H-pyrrole nitrogens is 1. The van der Waals surface area contributed by atoms with Crippen molar-refractivity contribution >= 4 is 27.9 Å².